The number of amides is 1. The van der Waals surface area contributed by atoms with E-state index in [-0.39, 0.29) is 11.9 Å². The third-order valence-corrected chi connectivity index (χ3v) is 4.60. The molecule has 3 aromatic carbocycles. The van der Waals surface area contributed by atoms with Gasteiger partial charge >= 0.3 is 0 Å². The predicted octanol–water partition coefficient (Wildman–Crippen LogP) is 4.78. The Morgan fingerprint density at radius 3 is 2.11 bits per heavy atom. The number of anilines is 2. The standard InChI is InChI=1S/C23H20N2O2/c1-27-20-14-12-17(13-15-20)22-16-21(24-18-8-4-2-5-9-18)23(26)25(22)19-10-6-3-7-11-19/h2-16,22,24H,1H3/t22-/m0/s1. The number of hydrogen-bond acceptors (Lipinski definition) is 3. The van der Waals surface area contributed by atoms with E-state index in [4.69, 9.17) is 4.74 Å². The van der Waals surface area contributed by atoms with Crippen LogP contribution in [0.2, 0.25) is 0 Å². The Bertz CT molecular complexity index is 951. The van der Waals surface area contributed by atoms with Gasteiger partial charge < -0.3 is 10.1 Å². The van der Waals surface area contributed by atoms with Gasteiger partial charge in [-0.3, -0.25) is 9.69 Å². The maximum atomic E-state index is 13.2. The molecule has 1 aliphatic heterocycles. The van der Waals surface area contributed by atoms with E-state index >= 15 is 0 Å². The summed E-state index contributed by atoms with van der Waals surface area (Å²) in [6, 6.07) is 27.1. The molecule has 4 rings (SSSR count). The second kappa shape index (κ2) is 7.38. The topological polar surface area (TPSA) is 41.6 Å². The Balaban J connectivity index is 1.72. The van der Waals surface area contributed by atoms with E-state index in [0.29, 0.717) is 5.70 Å². The lowest BCUT2D eigenvalue weighted by atomic mass is 10.1. The summed E-state index contributed by atoms with van der Waals surface area (Å²) < 4.78 is 5.26. The summed E-state index contributed by atoms with van der Waals surface area (Å²) in [7, 11) is 1.65. The van der Waals surface area contributed by atoms with Gasteiger partial charge in [-0.1, -0.05) is 48.5 Å². The molecule has 1 amide bonds. The van der Waals surface area contributed by atoms with Crippen LogP contribution in [-0.2, 0) is 4.79 Å². The first-order chi connectivity index (χ1) is 13.3. The molecule has 3 aromatic rings. The summed E-state index contributed by atoms with van der Waals surface area (Å²) in [6.45, 7) is 0. The molecule has 0 fully saturated rings. The summed E-state index contributed by atoms with van der Waals surface area (Å²) >= 11 is 0. The fourth-order valence-electron chi connectivity index (χ4n) is 3.24. The maximum absolute atomic E-state index is 13.2. The molecule has 0 aliphatic carbocycles. The zero-order valence-corrected chi connectivity index (χ0v) is 15.0. The molecule has 0 spiro atoms. The highest BCUT2D eigenvalue weighted by molar-refractivity contribution is 6.11. The van der Waals surface area contributed by atoms with Crippen molar-refractivity contribution in [1.82, 2.24) is 0 Å². The van der Waals surface area contributed by atoms with Crippen LogP contribution in [-0.4, -0.2) is 13.0 Å². The summed E-state index contributed by atoms with van der Waals surface area (Å²) in [5.41, 5.74) is 3.36. The Labute approximate surface area is 158 Å². The van der Waals surface area contributed by atoms with Crippen molar-refractivity contribution in [3.05, 3.63) is 102 Å². The SMILES string of the molecule is COc1ccc([C@@H]2C=C(Nc3ccccc3)C(=O)N2c2ccccc2)cc1. The third kappa shape index (κ3) is 3.42. The van der Waals surface area contributed by atoms with E-state index in [1.165, 1.54) is 0 Å². The average molecular weight is 356 g/mol. The summed E-state index contributed by atoms with van der Waals surface area (Å²) in [4.78, 5) is 15.0. The molecule has 1 atom stereocenters. The Morgan fingerprint density at radius 1 is 0.852 bits per heavy atom. The number of carbonyl (C=O) groups is 1. The van der Waals surface area contributed by atoms with Gasteiger partial charge in [-0.2, -0.15) is 0 Å². The van der Waals surface area contributed by atoms with Gasteiger partial charge in [-0.25, -0.2) is 0 Å². The van der Waals surface area contributed by atoms with Crippen LogP contribution in [0.3, 0.4) is 0 Å². The fraction of sp³-hybridized carbons (Fsp3) is 0.0870. The molecule has 1 heterocycles. The van der Waals surface area contributed by atoms with E-state index in [2.05, 4.69) is 5.32 Å². The molecule has 0 bridgehead atoms. The first kappa shape index (κ1) is 16.9. The van der Waals surface area contributed by atoms with Gasteiger partial charge in [0.1, 0.15) is 11.4 Å². The van der Waals surface area contributed by atoms with Gasteiger partial charge in [0, 0.05) is 11.4 Å². The zero-order valence-electron chi connectivity index (χ0n) is 15.0. The van der Waals surface area contributed by atoms with Crippen molar-refractivity contribution in [2.45, 2.75) is 6.04 Å². The van der Waals surface area contributed by atoms with Gasteiger partial charge in [0.15, 0.2) is 0 Å². The fourth-order valence-corrected chi connectivity index (χ4v) is 3.24. The number of ether oxygens (including phenoxy) is 1. The highest BCUT2D eigenvalue weighted by Crippen LogP contribution is 2.36. The number of nitrogens with one attached hydrogen (secondary N) is 1. The molecular formula is C23H20N2O2. The molecule has 0 saturated carbocycles. The molecule has 0 unspecified atom stereocenters. The van der Waals surface area contributed by atoms with Crippen LogP contribution in [0.1, 0.15) is 11.6 Å². The van der Waals surface area contributed by atoms with Gasteiger partial charge in [-0.15, -0.1) is 0 Å². The van der Waals surface area contributed by atoms with E-state index in [1.54, 1.807) is 7.11 Å². The molecule has 0 radical (unpaired) electrons. The van der Waals surface area contributed by atoms with Crippen molar-refractivity contribution in [2.24, 2.45) is 0 Å². The second-order valence-electron chi connectivity index (χ2n) is 6.30. The van der Waals surface area contributed by atoms with E-state index < -0.39 is 0 Å². The summed E-state index contributed by atoms with van der Waals surface area (Å²) in [6.07, 6.45) is 1.98. The largest absolute Gasteiger partial charge is 0.497 e. The summed E-state index contributed by atoms with van der Waals surface area (Å²) in [5, 5.41) is 3.26. The van der Waals surface area contributed by atoms with Crippen molar-refractivity contribution >= 4 is 17.3 Å². The van der Waals surface area contributed by atoms with Crippen LogP contribution in [0.15, 0.2) is 96.7 Å². The number of rotatable bonds is 5. The lowest BCUT2D eigenvalue weighted by Gasteiger charge is -2.25. The predicted molar refractivity (Wildman–Crippen MR) is 108 cm³/mol. The Kier molecular flexibility index (Phi) is 4.62. The van der Waals surface area contributed by atoms with Gasteiger partial charge in [0.2, 0.25) is 0 Å². The van der Waals surface area contributed by atoms with Crippen LogP contribution < -0.4 is 15.0 Å². The van der Waals surface area contributed by atoms with E-state index in [0.717, 1.165) is 22.7 Å². The van der Waals surface area contributed by atoms with Gasteiger partial charge in [0.05, 0.1) is 13.2 Å². The molecule has 4 heteroatoms. The number of nitrogens with zero attached hydrogens (tertiary/aromatic N) is 1. The molecule has 4 nitrogen and oxygen atoms in total. The lowest BCUT2D eigenvalue weighted by Crippen LogP contribution is -2.30. The normalized spacial score (nSPS) is 16.2. The van der Waals surface area contributed by atoms with Crippen molar-refractivity contribution in [3.8, 4) is 5.75 Å². The first-order valence-corrected chi connectivity index (χ1v) is 8.83. The number of methoxy groups -OCH3 is 1. The molecule has 27 heavy (non-hydrogen) atoms. The quantitative estimate of drug-likeness (QED) is 0.715. The molecule has 134 valence electrons. The van der Waals surface area contributed by atoms with Crippen LogP contribution in [0.25, 0.3) is 0 Å². The molecule has 0 aromatic heterocycles. The minimum Gasteiger partial charge on any atom is -0.497 e. The molecule has 1 N–H and O–H groups in total. The van der Waals surface area contributed by atoms with Gasteiger partial charge in [-0.05, 0) is 48.0 Å². The van der Waals surface area contributed by atoms with Crippen LogP contribution >= 0.6 is 0 Å². The van der Waals surface area contributed by atoms with Crippen molar-refractivity contribution in [2.75, 3.05) is 17.3 Å². The zero-order chi connectivity index (χ0) is 18.6. The smallest absolute Gasteiger partial charge is 0.275 e. The van der Waals surface area contributed by atoms with Crippen molar-refractivity contribution in [1.29, 1.82) is 0 Å². The minimum absolute atomic E-state index is 0.0501. The first-order valence-electron chi connectivity index (χ1n) is 8.83. The van der Waals surface area contributed by atoms with Crippen molar-refractivity contribution in [3.63, 3.8) is 0 Å². The number of benzene rings is 3. The van der Waals surface area contributed by atoms with E-state index in [1.807, 2.05) is 95.9 Å². The second-order valence-corrected chi connectivity index (χ2v) is 6.30. The lowest BCUT2D eigenvalue weighted by molar-refractivity contribution is -0.114. The Morgan fingerprint density at radius 2 is 1.48 bits per heavy atom. The maximum Gasteiger partial charge on any atom is 0.275 e. The molecular weight excluding hydrogens is 336 g/mol. The number of carbonyl (C=O) groups excluding carboxylic acids is 1. The van der Waals surface area contributed by atoms with Gasteiger partial charge in [0.25, 0.3) is 5.91 Å². The van der Waals surface area contributed by atoms with Crippen LogP contribution in [0, 0.1) is 0 Å². The highest BCUT2D eigenvalue weighted by atomic mass is 16.5. The number of para-hydroxylation sites is 2. The Hall–Kier alpha value is -3.53. The van der Waals surface area contributed by atoms with Crippen LogP contribution in [0.4, 0.5) is 11.4 Å². The molecule has 0 saturated heterocycles. The highest BCUT2D eigenvalue weighted by Gasteiger charge is 2.34. The average Bonchev–Trinajstić information content (AvgIpc) is 3.05. The minimum atomic E-state index is -0.183. The molecule has 1 aliphatic rings. The monoisotopic (exact) mass is 356 g/mol. The van der Waals surface area contributed by atoms with Crippen LogP contribution in [0.5, 0.6) is 5.75 Å². The van der Waals surface area contributed by atoms with E-state index in [9.17, 15) is 4.79 Å². The third-order valence-electron chi connectivity index (χ3n) is 4.60. The summed E-state index contributed by atoms with van der Waals surface area (Å²) in [5.74, 6) is 0.742. The van der Waals surface area contributed by atoms with Crippen molar-refractivity contribution < 1.29 is 9.53 Å². The number of hydrogen-bond donors (Lipinski definition) is 1.